The maximum absolute atomic E-state index is 14.2. The first kappa shape index (κ1) is 25.0. The van der Waals surface area contributed by atoms with E-state index in [1.54, 1.807) is 32.4 Å². The van der Waals surface area contributed by atoms with Gasteiger partial charge in [-0.15, -0.1) is 0 Å². The van der Waals surface area contributed by atoms with E-state index in [1.807, 2.05) is 32.2 Å². The molecule has 9 heteroatoms. The first-order valence-electron chi connectivity index (χ1n) is 11.5. The number of anilines is 1. The molecule has 2 unspecified atom stereocenters. The van der Waals surface area contributed by atoms with Crippen LogP contribution in [0.25, 0.3) is 0 Å². The monoisotopic (exact) mass is 497 g/mol. The van der Waals surface area contributed by atoms with Gasteiger partial charge in [-0.3, -0.25) is 14.1 Å². The molecule has 4 atom stereocenters. The van der Waals surface area contributed by atoms with Gasteiger partial charge in [-0.2, -0.15) is 5.26 Å². The minimum absolute atomic E-state index is 0.0306. The number of carbonyl (C=O) groups excluding carboxylic acids is 2. The molecule has 4 rings (SSSR count). The Morgan fingerprint density at radius 2 is 2.09 bits per heavy atom. The maximum atomic E-state index is 14.2. The Morgan fingerprint density at radius 1 is 1.31 bits per heavy atom. The van der Waals surface area contributed by atoms with Crippen LogP contribution >= 0.6 is 11.6 Å². The van der Waals surface area contributed by atoms with Gasteiger partial charge in [-0.25, -0.2) is 0 Å². The molecule has 2 amide bonds. The van der Waals surface area contributed by atoms with Crippen molar-refractivity contribution in [1.82, 2.24) is 5.32 Å². The van der Waals surface area contributed by atoms with Gasteiger partial charge in [0.1, 0.15) is 18.4 Å². The topological polar surface area (TPSA) is 100 Å². The number of nitrogens with zero attached hydrogens (tertiary/aromatic N) is 2. The van der Waals surface area contributed by atoms with Gasteiger partial charge in [0.05, 0.1) is 50.1 Å². The molecule has 0 spiro atoms. The Labute approximate surface area is 210 Å². The number of methoxy groups -OCH3 is 1. The number of rotatable bonds is 7. The number of quaternary nitrogens is 1. The summed E-state index contributed by atoms with van der Waals surface area (Å²) >= 11 is 6.47. The summed E-state index contributed by atoms with van der Waals surface area (Å²) in [5.74, 6) is 0.100. The minimum Gasteiger partial charge on any atom is -0.496 e. The highest BCUT2D eigenvalue weighted by molar-refractivity contribution is 6.31. The number of halogens is 1. The number of carbonyl (C=O) groups is 2. The van der Waals surface area contributed by atoms with Crippen LogP contribution < -0.4 is 15.4 Å². The van der Waals surface area contributed by atoms with Crippen LogP contribution in [0.5, 0.6) is 5.75 Å². The Morgan fingerprint density at radius 3 is 2.77 bits per heavy atom. The summed E-state index contributed by atoms with van der Waals surface area (Å²) in [6.07, 6.45) is 0.334. The molecule has 2 aromatic carbocycles. The predicted molar refractivity (Wildman–Crippen MR) is 132 cm³/mol. The highest BCUT2D eigenvalue weighted by atomic mass is 35.5. The largest absolute Gasteiger partial charge is 0.496 e. The fourth-order valence-corrected chi connectivity index (χ4v) is 5.99. The number of nitriles is 1. The number of ether oxygens (including phenoxy) is 2. The summed E-state index contributed by atoms with van der Waals surface area (Å²) in [7, 11) is 5.09. The zero-order valence-corrected chi connectivity index (χ0v) is 21.1. The predicted octanol–water partition coefficient (Wildman–Crippen LogP) is 3.12. The van der Waals surface area contributed by atoms with E-state index in [0.29, 0.717) is 40.6 Å². The van der Waals surface area contributed by atoms with E-state index in [2.05, 4.69) is 16.7 Å². The smallest absolute Gasteiger partial charge is 0.295 e. The normalized spacial score (nSPS) is 27.1. The lowest BCUT2D eigenvalue weighted by atomic mass is 9.78. The number of fused-ring (bicyclic) bond motifs is 1. The lowest BCUT2D eigenvalue weighted by molar-refractivity contribution is -0.953. The molecule has 0 radical (unpaired) electrons. The summed E-state index contributed by atoms with van der Waals surface area (Å²) in [4.78, 5) is 27.5. The number of benzene rings is 2. The van der Waals surface area contributed by atoms with Crippen LogP contribution in [0.4, 0.5) is 5.69 Å². The lowest BCUT2D eigenvalue weighted by Crippen LogP contribution is -2.68. The van der Waals surface area contributed by atoms with Crippen molar-refractivity contribution in [2.24, 2.45) is 0 Å². The number of hydrogen-bond acceptors (Lipinski definition) is 5. The summed E-state index contributed by atoms with van der Waals surface area (Å²) < 4.78 is 11.8. The zero-order valence-electron chi connectivity index (χ0n) is 20.4. The third-order valence-corrected chi connectivity index (χ3v) is 7.57. The Balaban J connectivity index is 2.02. The number of likely N-dealkylation sites (N-methyl/N-ethyl adjacent to an activating group) is 2. The van der Waals surface area contributed by atoms with Crippen molar-refractivity contribution in [1.29, 1.82) is 5.26 Å². The SMILES string of the molecule is CNC(=O)[C@@H]1C[C@@H](OCCC#N)C[N+]1(C)C1(c2cc(C)ccc2OC)C(=O)Nc2ccc(Cl)cc21. The van der Waals surface area contributed by atoms with E-state index >= 15 is 0 Å². The standard InChI is InChI=1S/C26H29ClN4O4/c1-16-6-9-23(34-4)20(12-16)26(19-13-17(27)7-8-21(19)30-25(26)33)31(3)15-18(35-11-5-10-28)14-22(31)24(32)29-2/h6-9,12-13,18,22H,5,11,14-15H2,1-4H3,(H-,29,30,32,33)/p+1/t18-,22+,26?,31?/m1/s1. The molecular weight excluding hydrogens is 468 g/mol. The number of amides is 2. The van der Waals surface area contributed by atoms with E-state index in [-0.39, 0.29) is 35.4 Å². The average Bonchev–Trinajstić information content (AvgIpc) is 3.33. The number of aryl methyl sites for hydroxylation is 1. The first-order chi connectivity index (χ1) is 16.7. The summed E-state index contributed by atoms with van der Waals surface area (Å²) in [6.45, 7) is 2.59. The van der Waals surface area contributed by atoms with Crippen LogP contribution in [0.15, 0.2) is 36.4 Å². The van der Waals surface area contributed by atoms with Gasteiger partial charge in [0.2, 0.25) is 5.54 Å². The van der Waals surface area contributed by atoms with Crippen molar-refractivity contribution in [3.05, 3.63) is 58.1 Å². The third kappa shape index (κ3) is 3.84. The Kier molecular flexibility index (Phi) is 6.78. The van der Waals surface area contributed by atoms with Gasteiger partial charge in [0.15, 0.2) is 6.04 Å². The van der Waals surface area contributed by atoms with E-state index in [9.17, 15) is 9.59 Å². The molecule has 184 valence electrons. The molecule has 8 nitrogen and oxygen atoms in total. The first-order valence-corrected chi connectivity index (χ1v) is 11.9. The van der Waals surface area contributed by atoms with Gasteiger partial charge in [0, 0.05) is 18.5 Å². The lowest BCUT2D eigenvalue weighted by Gasteiger charge is -2.48. The second-order valence-electron chi connectivity index (χ2n) is 9.28. The van der Waals surface area contributed by atoms with Crippen LogP contribution in [0.2, 0.25) is 5.02 Å². The van der Waals surface area contributed by atoms with Gasteiger partial charge in [-0.05, 0) is 37.3 Å². The summed E-state index contributed by atoms with van der Waals surface area (Å²) in [5, 5.41) is 15.3. The molecule has 35 heavy (non-hydrogen) atoms. The second kappa shape index (κ2) is 9.50. The summed E-state index contributed by atoms with van der Waals surface area (Å²) in [6, 6.07) is 12.5. The van der Waals surface area contributed by atoms with Crippen molar-refractivity contribution in [2.45, 2.75) is 37.5 Å². The minimum atomic E-state index is -1.33. The molecule has 2 aliphatic rings. The molecule has 2 N–H and O–H groups in total. The van der Waals surface area contributed by atoms with E-state index in [4.69, 9.17) is 26.3 Å². The van der Waals surface area contributed by atoms with Crippen LogP contribution in [0, 0.1) is 18.3 Å². The summed E-state index contributed by atoms with van der Waals surface area (Å²) in [5.41, 5.74) is 1.61. The highest BCUT2D eigenvalue weighted by Crippen LogP contribution is 2.55. The maximum Gasteiger partial charge on any atom is 0.295 e. The molecule has 2 aromatic rings. The van der Waals surface area contributed by atoms with Gasteiger partial charge in [-0.1, -0.05) is 23.2 Å². The third-order valence-electron chi connectivity index (χ3n) is 7.33. The van der Waals surface area contributed by atoms with Crippen LogP contribution in [0.1, 0.15) is 29.5 Å². The van der Waals surface area contributed by atoms with Gasteiger partial charge in [0.25, 0.3) is 11.8 Å². The average molecular weight is 498 g/mol. The van der Waals surface area contributed by atoms with E-state index in [1.165, 1.54) is 0 Å². The fourth-order valence-electron chi connectivity index (χ4n) is 5.82. The van der Waals surface area contributed by atoms with Crippen molar-refractivity contribution in [2.75, 3.05) is 39.7 Å². The molecule has 1 saturated heterocycles. The Bertz CT molecular complexity index is 1210. The Hall–Kier alpha value is -3.12. The number of hydrogen-bond donors (Lipinski definition) is 2. The van der Waals surface area contributed by atoms with Crippen molar-refractivity contribution in [3.63, 3.8) is 0 Å². The molecule has 1 fully saturated rings. The molecular formula is C26H30ClN4O4+. The van der Waals surface area contributed by atoms with E-state index < -0.39 is 11.6 Å². The highest BCUT2D eigenvalue weighted by Gasteiger charge is 2.69. The van der Waals surface area contributed by atoms with Gasteiger partial charge >= 0.3 is 0 Å². The molecule has 2 aliphatic heterocycles. The van der Waals surface area contributed by atoms with Crippen molar-refractivity contribution >= 4 is 29.1 Å². The van der Waals surface area contributed by atoms with Gasteiger partial charge < -0.3 is 20.1 Å². The van der Waals surface area contributed by atoms with Crippen molar-refractivity contribution < 1.29 is 23.5 Å². The van der Waals surface area contributed by atoms with Crippen LogP contribution in [-0.2, 0) is 19.9 Å². The fraction of sp³-hybridized carbons (Fsp3) is 0.423. The van der Waals surface area contributed by atoms with Crippen LogP contribution in [0.3, 0.4) is 0 Å². The second-order valence-corrected chi connectivity index (χ2v) is 9.71. The zero-order chi connectivity index (χ0) is 25.4. The molecule has 0 aromatic heterocycles. The molecule has 0 saturated carbocycles. The number of likely N-dealkylation sites (tertiary alicyclic amines) is 1. The van der Waals surface area contributed by atoms with Crippen LogP contribution in [-0.4, -0.2) is 62.8 Å². The quantitative estimate of drug-likeness (QED) is 0.452. The van der Waals surface area contributed by atoms with E-state index in [0.717, 1.165) is 5.56 Å². The molecule has 2 heterocycles. The number of nitrogens with one attached hydrogen (secondary N) is 2. The van der Waals surface area contributed by atoms with Crippen molar-refractivity contribution in [3.8, 4) is 11.8 Å². The molecule has 0 aliphatic carbocycles. The molecule has 0 bridgehead atoms.